The number of anilines is 1. The van der Waals surface area contributed by atoms with Crippen LogP contribution in [0, 0.1) is 5.82 Å². The molecule has 0 saturated heterocycles. The van der Waals surface area contributed by atoms with E-state index >= 15 is 0 Å². The van der Waals surface area contributed by atoms with Crippen LogP contribution in [-0.4, -0.2) is 21.3 Å². The summed E-state index contributed by atoms with van der Waals surface area (Å²) in [6.07, 6.45) is 0. The summed E-state index contributed by atoms with van der Waals surface area (Å²) in [6, 6.07) is 5.51. The van der Waals surface area contributed by atoms with Crippen molar-refractivity contribution in [3.8, 4) is 11.1 Å². The van der Waals surface area contributed by atoms with E-state index in [1.807, 2.05) is 0 Å². The van der Waals surface area contributed by atoms with Crippen molar-refractivity contribution in [2.45, 2.75) is 0 Å². The van der Waals surface area contributed by atoms with Crippen LogP contribution in [0.2, 0.25) is 0 Å². The van der Waals surface area contributed by atoms with E-state index in [1.54, 1.807) is 6.07 Å². The molecule has 0 saturated carbocycles. The van der Waals surface area contributed by atoms with Gasteiger partial charge in [0.2, 0.25) is 0 Å². The topological polar surface area (TPSA) is 92.0 Å². The Kier molecular flexibility index (Phi) is 2.32. The number of nitrogens with zero attached hydrogens (tertiary/aromatic N) is 1. The summed E-state index contributed by atoms with van der Waals surface area (Å²) in [7, 11) is 0. The number of hydrogen-bond donors (Lipinski definition) is 3. The molecule has 0 amide bonds. The zero-order chi connectivity index (χ0) is 11.7. The summed E-state index contributed by atoms with van der Waals surface area (Å²) in [5.41, 5.74) is 5.96. The fraction of sp³-hybridized carbons (Fsp3) is 0. The van der Waals surface area contributed by atoms with E-state index in [0.717, 1.165) is 0 Å². The SMILES string of the molecule is Nc1n[nH]c(C(=O)O)c1-c1cccc(F)c1. The molecule has 2 aromatic rings. The second-order valence-corrected chi connectivity index (χ2v) is 3.17. The smallest absolute Gasteiger partial charge is 0.354 e. The molecule has 1 aromatic heterocycles. The van der Waals surface area contributed by atoms with Crippen molar-refractivity contribution in [1.29, 1.82) is 0 Å². The van der Waals surface area contributed by atoms with Crippen LogP contribution in [0.1, 0.15) is 10.5 Å². The van der Waals surface area contributed by atoms with Gasteiger partial charge in [0.25, 0.3) is 0 Å². The number of halogens is 1. The van der Waals surface area contributed by atoms with E-state index in [9.17, 15) is 9.18 Å². The predicted octanol–water partition coefficient (Wildman–Crippen LogP) is 1.50. The Bertz CT molecular complexity index is 551. The highest BCUT2D eigenvalue weighted by molar-refractivity contribution is 5.97. The normalized spacial score (nSPS) is 10.3. The first-order valence-corrected chi connectivity index (χ1v) is 4.42. The molecule has 0 atom stereocenters. The fourth-order valence-electron chi connectivity index (χ4n) is 1.45. The summed E-state index contributed by atoms with van der Waals surface area (Å²) in [4.78, 5) is 10.9. The van der Waals surface area contributed by atoms with Crippen LogP contribution < -0.4 is 5.73 Å². The Labute approximate surface area is 89.7 Å². The van der Waals surface area contributed by atoms with Crippen LogP contribution in [0.25, 0.3) is 11.1 Å². The Hall–Kier alpha value is -2.37. The van der Waals surface area contributed by atoms with E-state index in [-0.39, 0.29) is 17.1 Å². The van der Waals surface area contributed by atoms with Gasteiger partial charge in [0.05, 0.1) is 5.56 Å². The summed E-state index contributed by atoms with van der Waals surface area (Å²) < 4.78 is 13.0. The fourth-order valence-corrected chi connectivity index (χ4v) is 1.45. The van der Waals surface area contributed by atoms with Crippen LogP contribution in [0.5, 0.6) is 0 Å². The lowest BCUT2D eigenvalue weighted by atomic mass is 10.1. The van der Waals surface area contributed by atoms with Gasteiger partial charge in [0.1, 0.15) is 5.82 Å². The van der Waals surface area contributed by atoms with E-state index in [0.29, 0.717) is 5.56 Å². The van der Waals surface area contributed by atoms with Crippen LogP contribution in [0.15, 0.2) is 24.3 Å². The highest BCUT2D eigenvalue weighted by atomic mass is 19.1. The predicted molar refractivity (Wildman–Crippen MR) is 55.4 cm³/mol. The molecule has 0 spiro atoms. The molecule has 0 fully saturated rings. The molecule has 1 heterocycles. The van der Waals surface area contributed by atoms with Gasteiger partial charge in [-0.15, -0.1) is 0 Å². The van der Waals surface area contributed by atoms with Crippen molar-refractivity contribution in [1.82, 2.24) is 10.2 Å². The number of H-pyrrole nitrogens is 1. The van der Waals surface area contributed by atoms with Crippen LogP contribution in [-0.2, 0) is 0 Å². The van der Waals surface area contributed by atoms with Gasteiger partial charge in [-0.05, 0) is 17.7 Å². The van der Waals surface area contributed by atoms with Crippen molar-refractivity contribution >= 4 is 11.8 Å². The first-order chi connectivity index (χ1) is 7.59. The molecule has 4 N–H and O–H groups in total. The highest BCUT2D eigenvalue weighted by Crippen LogP contribution is 2.28. The summed E-state index contributed by atoms with van der Waals surface area (Å²) >= 11 is 0. The minimum atomic E-state index is -1.19. The third kappa shape index (κ3) is 1.60. The van der Waals surface area contributed by atoms with Crippen molar-refractivity contribution < 1.29 is 14.3 Å². The summed E-state index contributed by atoms with van der Waals surface area (Å²) in [5.74, 6) is -1.62. The molecule has 0 unspecified atom stereocenters. The number of rotatable bonds is 2. The largest absolute Gasteiger partial charge is 0.477 e. The molecule has 0 aliphatic heterocycles. The van der Waals surface area contributed by atoms with Crippen molar-refractivity contribution in [2.24, 2.45) is 0 Å². The van der Waals surface area contributed by atoms with Crippen LogP contribution in [0.4, 0.5) is 10.2 Å². The third-order valence-electron chi connectivity index (χ3n) is 2.12. The Morgan fingerprint density at radius 1 is 1.50 bits per heavy atom. The zero-order valence-electron chi connectivity index (χ0n) is 8.07. The standard InChI is InChI=1S/C10H8FN3O2/c11-6-3-1-2-5(4-6)7-8(10(15)16)13-14-9(7)12/h1-4H,(H,15,16)(H3,12,13,14). The zero-order valence-corrected chi connectivity index (χ0v) is 8.07. The number of carbonyl (C=O) groups is 1. The third-order valence-corrected chi connectivity index (χ3v) is 2.12. The van der Waals surface area contributed by atoms with Gasteiger partial charge in [-0.1, -0.05) is 12.1 Å². The first kappa shape index (κ1) is 10.2. The lowest BCUT2D eigenvalue weighted by molar-refractivity contribution is 0.0691. The minimum absolute atomic E-state index is 0.0306. The van der Waals surface area contributed by atoms with E-state index in [1.165, 1.54) is 18.2 Å². The Morgan fingerprint density at radius 2 is 2.25 bits per heavy atom. The minimum Gasteiger partial charge on any atom is -0.477 e. The van der Waals surface area contributed by atoms with Gasteiger partial charge in [-0.2, -0.15) is 5.10 Å². The molecule has 0 radical (unpaired) electrons. The van der Waals surface area contributed by atoms with Gasteiger partial charge < -0.3 is 10.8 Å². The van der Waals surface area contributed by atoms with Gasteiger partial charge in [0, 0.05) is 0 Å². The van der Waals surface area contributed by atoms with Crippen LogP contribution >= 0.6 is 0 Å². The molecule has 1 aromatic carbocycles. The Morgan fingerprint density at radius 3 is 2.88 bits per heavy atom. The quantitative estimate of drug-likeness (QED) is 0.716. The molecule has 2 rings (SSSR count). The summed E-state index contributed by atoms with van der Waals surface area (Å²) in [6.45, 7) is 0. The number of carboxylic acid groups (broad SMARTS) is 1. The maximum atomic E-state index is 13.0. The summed E-state index contributed by atoms with van der Waals surface area (Å²) in [5, 5.41) is 14.8. The van der Waals surface area contributed by atoms with Crippen molar-refractivity contribution in [2.75, 3.05) is 5.73 Å². The lowest BCUT2D eigenvalue weighted by Crippen LogP contribution is -1.99. The highest BCUT2D eigenvalue weighted by Gasteiger charge is 2.18. The average molecular weight is 221 g/mol. The van der Waals surface area contributed by atoms with Gasteiger partial charge in [0.15, 0.2) is 11.5 Å². The number of aromatic nitrogens is 2. The maximum Gasteiger partial charge on any atom is 0.354 e. The molecule has 0 bridgehead atoms. The number of nitrogens with two attached hydrogens (primary N) is 1. The number of aromatic carboxylic acids is 1. The molecule has 82 valence electrons. The molecular weight excluding hydrogens is 213 g/mol. The molecule has 0 aliphatic rings. The van der Waals surface area contributed by atoms with Crippen molar-refractivity contribution in [3.05, 3.63) is 35.8 Å². The number of nitrogens with one attached hydrogen (secondary N) is 1. The van der Waals surface area contributed by atoms with E-state index in [4.69, 9.17) is 10.8 Å². The van der Waals surface area contributed by atoms with Crippen molar-refractivity contribution in [3.63, 3.8) is 0 Å². The Balaban J connectivity index is 2.63. The molecular formula is C10H8FN3O2. The lowest BCUT2D eigenvalue weighted by Gasteiger charge is -2.01. The number of aromatic amines is 1. The number of hydrogen-bond acceptors (Lipinski definition) is 3. The second-order valence-electron chi connectivity index (χ2n) is 3.17. The molecule has 6 heteroatoms. The molecule has 5 nitrogen and oxygen atoms in total. The molecule has 0 aliphatic carbocycles. The van der Waals surface area contributed by atoms with E-state index in [2.05, 4.69) is 10.2 Å². The second kappa shape index (κ2) is 3.65. The monoisotopic (exact) mass is 221 g/mol. The van der Waals surface area contributed by atoms with Crippen LogP contribution in [0.3, 0.4) is 0 Å². The number of carboxylic acids is 1. The number of nitrogen functional groups attached to an aromatic ring is 1. The molecule has 16 heavy (non-hydrogen) atoms. The average Bonchev–Trinajstić information content (AvgIpc) is 2.60. The number of benzene rings is 1. The van der Waals surface area contributed by atoms with Gasteiger partial charge in [-0.3, -0.25) is 5.10 Å². The first-order valence-electron chi connectivity index (χ1n) is 4.42. The van der Waals surface area contributed by atoms with Gasteiger partial charge >= 0.3 is 5.97 Å². The maximum absolute atomic E-state index is 13.0. The van der Waals surface area contributed by atoms with Gasteiger partial charge in [-0.25, -0.2) is 9.18 Å². The van der Waals surface area contributed by atoms with E-state index < -0.39 is 11.8 Å².